The van der Waals surface area contributed by atoms with Gasteiger partial charge in [-0.3, -0.25) is 15.5 Å². The molecule has 4 nitrogen and oxygen atoms in total. The second kappa shape index (κ2) is 5.10. The molecule has 1 amide bonds. The van der Waals surface area contributed by atoms with Crippen molar-refractivity contribution in [3.63, 3.8) is 0 Å². The number of halogens is 1. The van der Waals surface area contributed by atoms with E-state index in [1.807, 2.05) is 48.5 Å². The van der Waals surface area contributed by atoms with Crippen LogP contribution in [-0.2, 0) is 10.3 Å². The van der Waals surface area contributed by atoms with Crippen molar-refractivity contribution < 1.29 is 4.79 Å². The van der Waals surface area contributed by atoms with E-state index in [2.05, 4.69) is 10.6 Å². The quantitative estimate of drug-likeness (QED) is 0.811. The molecule has 3 N–H and O–H groups in total. The Balaban J connectivity index is 1.81. The van der Waals surface area contributed by atoms with Crippen LogP contribution >= 0.6 is 11.6 Å². The predicted octanol–water partition coefficient (Wildman–Crippen LogP) is 3.27. The average Bonchev–Trinajstić information content (AvgIpc) is 3.33. The summed E-state index contributed by atoms with van der Waals surface area (Å²) in [5, 5.41) is 14.2. The predicted molar refractivity (Wildman–Crippen MR) is 90.3 cm³/mol. The molecule has 0 spiro atoms. The SMILES string of the molecule is N=C1NC(=O)C(c2cccc(-c3cccc(Cl)c3)c2)(C2CC2)N1. The molecule has 1 aliphatic carbocycles. The van der Waals surface area contributed by atoms with E-state index >= 15 is 0 Å². The molecular weight excluding hydrogens is 310 g/mol. The van der Waals surface area contributed by atoms with Gasteiger partial charge in [0.05, 0.1) is 0 Å². The maximum atomic E-state index is 12.6. The molecule has 1 saturated heterocycles. The van der Waals surface area contributed by atoms with Crippen LogP contribution in [0.1, 0.15) is 18.4 Å². The third kappa shape index (κ3) is 2.30. The molecule has 116 valence electrons. The summed E-state index contributed by atoms with van der Waals surface area (Å²) in [5.74, 6) is 0.184. The number of nitrogens with one attached hydrogen (secondary N) is 3. The lowest BCUT2D eigenvalue weighted by Crippen LogP contribution is -2.46. The Kier molecular flexibility index (Phi) is 3.16. The van der Waals surface area contributed by atoms with Gasteiger partial charge in [0.2, 0.25) is 0 Å². The van der Waals surface area contributed by atoms with Gasteiger partial charge in [-0.15, -0.1) is 0 Å². The second-order valence-electron chi connectivity index (χ2n) is 6.13. The zero-order valence-corrected chi connectivity index (χ0v) is 13.2. The first-order valence-corrected chi connectivity index (χ1v) is 8.02. The van der Waals surface area contributed by atoms with Gasteiger partial charge in [0, 0.05) is 5.02 Å². The largest absolute Gasteiger partial charge is 0.338 e. The number of hydrogen-bond donors (Lipinski definition) is 3. The molecule has 0 bridgehead atoms. The van der Waals surface area contributed by atoms with Crippen LogP contribution in [-0.4, -0.2) is 11.9 Å². The van der Waals surface area contributed by atoms with Crippen LogP contribution in [0.2, 0.25) is 5.02 Å². The van der Waals surface area contributed by atoms with Crippen LogP contribution in [0.5, 0.6) is 0 Å². The fourth-order valence-electron chi connectivity index (χ4n) is 3.35. The summed E-state index contributed by atoms with van der Waals surface area (Å²) in [6.45, 7) is 0. The van der Waals surface area contributed by atoms with Crippen molar-refractivity contribution in [2.75, 3.05) is 0 Å². The van der Waals surface area contributed by atoms with Gasteiger partial charge in [0.25, 0.3) is 5.91 Å². The lowest BCUT2D eigenvalue weighted by molar-refractivity contribution is -0.125. The molecule has 2 aliphatic rings. The van der Waals surface area contributed by atoms with E-state index in [9.17, 15) is 4.79 Å². The van der Waals surface area contributed by atoms with Crippen LogP contribution in [0.15, 0.2) is 48.5 Å². The van der Waals surface area contributed by atoms with Crippen molar-refractivity contribution in [1.29, 1.82) is 5.41 Å². The summed E-state index contributed by atoms with van der Waals surface area (Å²) in [7, 11) is 0. The zero-order valence-electron chi connectivity index (χ0n) is 12.4. The van der Waals surface area contributed by atoms with Gasteiger partial charge >= 0.3 is 0 Å². The van der Waals surface area contributed by atoms with Gasteiger partial charge in [-0.25, -0.2) is 0 Å². The van der Waals surface area contributed by atoms with Crippen molar-refractivity contribution >= 4 is 23.5 Å². The van der Waals surface area contributed by atoms with Gasteiger partial charge in [-0.2, -0.15) is 0 Å². The number of hydrogen-bond acceptors (Lipinski definition) is 2. The van der Waals surface area contributed by atoms with Gasteiger partial charge < -0.3 is 5.32 Å². The molecule has 1 heterocycles. The molecule has 4 rings (SSSR count). The molecule has 1 atom stereocenters. The molecular formula is C18H16ClN3O. The molecule has 0 aromatic heterocycles. The maximum Gasteiger partial charge on any atom is 0.257 e. The zero-order chi connectivity index (χ0) is 16.0. The van der Waals surface area contributed by atoms with Crippen molar-refractivity contribution in [1.82, 2.24) is 10.6 Å². The highest BCUT2D eigenvalue weighted by atomic mass is 35.5. The summed E-state index contributed by atoms with van der Waals surface area (Å²) in [6.07, 6.45) is 1.99. The third-order valence-electron chi connectivity index (χ3n) is 4.58. The fraction of sp³-hybridized carbons (Fsp3) is 0.222. The van der Waals surface area contributed by atoms with E-state index in [4.69, 9.17) is 17.0 Å². The topological polar surface area (TPSA) is 65.0 Å². The lowest BCUT2D eigenvalue weighted by Gasteiger charge is -2.27. The van der Waals surface area contributed by atoms with E-state index in [0.29, 0.717) is 5.02 Å². The highest BCUT2D eigenvalue weighted by molar-refractivity contribution is 6.30. The Morgan fingerprint density at radius 2 is 1.78 bits per heavy atom. The Labute approximate surface area is 139 Å². The minimum atomic E-state index is -0.814. The van der Waals surface area contributed by atoms with Crippen LogP contribution in [0.3, 0.4) is 0 Å². The summed E-state index contributed by atoms with van der Waals surface area (Å²) in [4.78, 5) is 12.6. The molecule has 1 saturated carbocycles. The standard InChI is InChI=1S/C18H16ClN3O/c19-15-6-2-4-12(10-15)11-3-1-5-14(9-11)18(13-7-8-13)16(23)21-17(20)22-18/h1-6,9-10,13H,7-8H2,(H3,20,21,22,23). The van der Waals surface area contributed by atoms with Crippen LogP contribution in [0, 0.1) is 11.3 Å². The number of guanidine groups is 1. The maximum absolute atomic E-state index is 12.6. The summed E-state index contributed by atoms with van der Waals surface area (Å²) < 4.78 is 0. The molecule has 0 radical (unpaired) electrons. The van der Waals surface area contributed by atoms with E-state index in [1.165, 1.54) is 0 Å². The monoisotopic (exact) mass is 325 g/mol. The normalized spacial score (nSPS) is 23.5. The van der Waals surface area contributed by atoms with Gasteiger partial charge in [0.1, 0.15) is 5.54 Å². The van der Waals surface area contributed by atoms with E-state index in [1.54, 1.807) is 0 Å². The van der Waals surface area contributed by atoms with Crippen molar-refractivity contribution in [2.24, 2.45) is 5.92 Å². The van der Waals surface area contributed by atoms with Gasteiger partial charge in [-0.1, -0.05) is 41.9 Å². The Morgan fingerprint density at radius 3 is 2.39 bits per heavy atom. The number of benzene rings is 2. The molecule has 1 unspecified atom stereocenters. The Hall–Kier alpha value is -2.33. The number of carbonyl (C=O) groups excluding carboxylic acids is 1. The average molecular weight is 326 g/mol. The summed E-state index contributed by atoms with van der Waals surface area (Å²) in [6, 6.07) is 15.6. The number of amides is 1. The van der Waals surface area contributed by atoms with Crippen molar-refractivity contribution in [2.45, 2.75) is 18.4 Å². The number of carbonyl (C=O) groups is 1. The first kappa shape index (κ1) is 14.3. The molecule has 5 heteroatoms. The second-order valence-corrected chi connectivity index (χ2v) is 6.56. The van der Waals surface area contributed by atoms with E-state index < -0.39 is 5.54 Å². The summed E-state index contributed by atoms with van der Waals surface area (Å²) in [5.41, 5.74) is 2.11. The minimum absolute atomic E-state index is 0.0788. The molecule has 1 aliphatic heterocycles. The molecule has 23 heavy (non-hydrogen) atoms. The number of rotatable bonds is 3. The first-order chi connectivity index (χ1) is 11.1. The van der Waals surface area contributed by atoms with Gasteiger partial charge in [-0.05, 0) is 53.6 Å². The Bertz CT molecular complexity index is 815. The smallest absolute Gasteiger partial charge is 0.257 e. The van der Waals surface area contributed by atoms with Crippen LogP contribution < -0.4 is 10.6 Å². The molecule has 2 fully saturated rings. The minimum Gasteiger partial charge on any atom is -0.338 e. The lowest BCUT2D eigenvalue weighted by atomic mass is 9.83. The Morgan fingerprint density at radius 1 is 1.09 bits per heavy atom. The van der Waals surface area contributed by atoms with Crippen LogP contribution in [0.25, 0.3) is 11.1 Å². The van der Waals surface area contributed by atoms with Crippen LogP contribution in [0.4, 0.5) is 0 Å². The molecule has 2 aromatic carbocycles. The van der Waals surface area contributed by atoms with E-state index in [0.717, 1.165) is 29.5 Å². The van der Waals surface area contributed by atoms with E-state index in [-0.39, 0.29) is 17.8 Å². The molecule has 2 aromatic rings. The first-order valence-electron chi connectivity index (χ1n) is 7.64. The van der Waals surface area contributed by atoms with Crippen molar-refractivity contribution in [3.8, 4) is 11.1 Å². The highest BCUT2D eigenvalue weighted by Crippen LogP contribution is 2.47. The van der Waals surface area contributed by atoms with Gasteiger partial charge in [0.15, 0.2) is 5.96 Å². The van der Waals surface area contributed by atoms with Crippen molar-refractivity contribution in [3.05, 3.63) is 59.1 Å². The third-order valence-corrected chi connectivity index (χ3v) is 4.82. The summed E-state index contributed by atoms with van der Waals surface area (Å²) >= 11 is 6.09. The fourth-order valence-corrected chi connectivity index (χ4v) is 3.54. The highest BCUT2D eigenvalue weighted by Gasteiger charge is 2.56.